The molecule has 138 valence electrons. The molecule has 0 saturated heterocycles. The number of aliphatic imine (C=N–C) groups is 2. The molecule has 0 bridgehead atoms. The third-order valence-electron chi connectivity index (χ3n) is 2.94. The van der Waals surface area contributed by atoms with Gasteiger partial charge in [0.1, 0.15) is 11.7 Å². The van der Waals surface area contributed by atoms with Crippen LogP contribution in [-0.4, -0.2) is 54.5 Å². The smallest absolute Gasteiger partial charge is 0.354 e. The van der Waals surface area contributed by atoms with Gasteiger partial charge in [-0.05, 0) is 25.3 Å². The van der Waals surface area contributed by atoms with Gasteiger partial charge in [0.25, 0.3) is 0 Å². The van der Waals surface area contributed by atoms with E-state index in [0.29, 0.717) is 35.0 Å². The van der Waals surface area contributed by atoms with Crippen LogP contribution in [0.2, 0.25) is 0 Å². The van der Waals surface area contributed by atoms with Crippen molar-refractivity contribution in [1.29, 1.82) is 0 Å². The Morgan fingerprint density at radius 2 is 2.00 bits per heavy atom. The summed E-state index contributed by atoms with van der Waals surface area (Å²) in [6.07, 6.45) is 3.00. The van der Waals surface area contributed by atoms with Gasteiger partial charge >= 0.3 is 5.97 Å². The maximum Gasteiger partial charge on any atom is 0.354 e. The molecule has 10 heteroatoms. The Morgan fingerprint density at radius 3 is 2.40 bits per heavy atom. The van der Waals surface area contributed by atoms with Crippen LogP contribution in [0.15, 0.2) is 33.9 Å². The minimum atomic E-state index is -1.14. The monoisotopic (exact) mass is 367 g/mol. The Morgan fingerprint density at radius 1 is 1.36 bits per heavy atom. The lowest BCUT2D eigenvalue weighted by Gasteiger charge is -2.14. The molecular weight excluding hydrogens is 342 g/mol. The molecule has 0 amide bonds. The summed E-state index contributed by atoms with van der Waals surface area (Å²) in [5.74, 6) is 5.05. The number of nitrogens with two attached hydrogens (primary N) is 2. The van der Waals surface area contributed by atoms with Gasteiger partial charge in [-0.2, -0.15) is 12.6 Å². The summed E-state index contributed by atoms with van der Waals surface area (Å²) in [6.45, 7) is 2.48. The summed E-state index contributed by atoms with van der Waals surface area (Å²) in [5.41, 5.74) is 9.42. The van der Waals surface area contributed by atoms with Crippen LogP contribution < -0.4 is 22.3 Å². The average molecular weight is 367 g/mol. The average Bonchev–Trinajstić information content (AvgIpc) is 2.63. The van der Waals surface area contributed by atoms with E-state index in [1.54, 1.807) is 26.4 Å². The molecule has 0 aliphatic carbocycles. The fourth-order valence-electron chi connectivity index (χ4n) is 1.99. The SMILES string of the molecule is CCNc1cc(C(=NC)/C(=C\N)C(=NC)NN)cc(C(=O)O)n1.CS. The van der Waals surface area contributed by atoms with Crippen molar-refractivity contribution in [3.63, 3.8) is 0 Å². The molecule has 0 saturated carbocycles. The highest BCUT2D eigenvalue weighted by atomic mass is 32.1. The van der Waals surface area contributed by atoms with Gasteiger partial charge in [-0.15, -0.1) is 0 Å². The van der Waals surface area contributed by atoms with Crippen LogP contribution in [0.25, 0.3) is 0 Å². The number of hydrazine groups is 1. The zero-order valence-corrected chi connectivity index (χ0v) is 15.6. The molecule has 0 radical (unpaired) electrons. The first kappa shape index (κ1) is 22.4. The molecule has 7 N–H and O–H groups in total. The van der Waals surface area contributed by atoms with Crippen LogP contribution in [-0.2, 0) is 0 Å². The van der Waals surface area contributed by atoms with E-state index in [9.17, 15) is 9.90 Å². The zero-order valence-electron chi connectivity index (χ0n) is 14.7. The Balaban J connectivity index is 0.00000277. The molecule has 1 rings (SSSR count). The van der Waals surface area contributed by atoms with Crippen LogP contribution in [0.5, 0.6) is 0 Å². The first-order valence-corrected chi connectivity index (χ1v) is 8.18. The number of carboxylic acid groups (broad SMARTS) is 1. The highest BCUT2D eigenvalue weighted by Gasteiger charge is 2.18. The number of thiol groups is 1. The van der Waals surface area contributed by atoms with Gasteiger partial charge in [-0.1, -0.05) is 0 Å². The zero-order chi connectivity index (χ0) is 19.4. The summed E-state index contributed by atoms with van der Waals surface area (Å²) in [5, 5.41) is 12.2. The fourth-order valence-corrected chi connectivity index (χ4v) is 1.99. The van der Waals surface area contributed by atoms with E-state index in [1.165, 1.54) is 12.3 Å². The molecule has 0 fully saturated rings. The number of carbonyl (C=O) groups is 1. The third kappa shape index (κ3) is 6.08. The van der Waals surface area contributed by atoms with E-state index < -0.39 is 5.97 Å². The number of pyridine rings is 1. The Kier molecular flexibility index (Phi) is 10.6. The third-order valence-corrected chi connectivity index (χ3v) is 2.94. The van der Waals surface area contributed by atoms with Gasteiger partial charge in [0.2, 0.25) is 0 Å². The van der Waals surface area contributed by atoms with Gasteiger partial charge in [-0.25, -0.2) is 15.6 Å². The second-order valence-corrected chi connectivity index (χ2v) is 4.33. The number of hydrogen-bond acceptors (Lipinski definition) is 8. The molecular formula is C15H25N7O2S. The summed E-state index contributed by atoms with van der Waals surface area (Å²) in [6, 6.07) is 3.10. The van der Waals surface area contributed by atoms with E-state index >= 15 is 0 Å². The fraction of sp³-hybridized carbons (Fsp3) is 0.333. The van der Waals surface area contributed by atoms with Crippen LogP contribution in [0.1, 0.15) is 23.0 Å². The first-order chi connectivity index (χ1) is 12.0. The molecule has 1 aromatic rings. The summed E-state index contributed by atoms with van der Waals surface area (Å²) in [4.78, 5) is 23.5. The van der Waals surface area contributed by atoms with Crippen molar-refractivity contribution in [3.05, 3.63) is 35.2 Å². The number of hydrogen-bond donors (Lipinski definition) is 6. The van der Waals surface area contributed by atoms with E-state index in [2.05, 4.69) is 38.3 Å². The first-order valence-electron chi connectivity index (χ1n) is 7.29. The van der Waals surface area contributed by atoms with Crippen LogP contribution in [0.3, 0.4) is 0 Å². The van der Waals surface area contributed by atoms with Gasteiger partial charge in [0.05, 0.1) is 11.3 Å². The van der Waals surface area contributed by atoms with Crippen molar-refractivity contribution in [1.82, 2.24) is 10.4 Å². The van der Waals surface area contributed by atoms with Gasteiger partial charge < -0.3 is 21.6 Å². The Bertz CT molecular complexity index is 672. The predicted molar refractivity (Wildman–Crippen MR) is 106 cm³/mol. The lowest BCUT2D eigenvalue weighted by Crippen LogP contribution is -2.35. The van der Waals surface area contributed by atoms with Crippen molar-refractivity contribution in [2.45, 2.75) is 6.92 Å². The van der Waals surface area contributed by atoms with E-state index in [-0.39, 0.29) is 5.69 Å². The number of anilines is 1. The summed E-state index contributed by atoms with van der Waals surface area (Å²) in [7, 11) is 3.11. The molecule has 25 heavy (non-hydrogen) atoms. The number of amidine groups is 1. The van der Waals surface area contributed by atoms with Crippen molar-refractivity contribution in [3.8, 4) is 0 Å². The van der Waals surface area contributed by atoms with Crippen molar-refractivity contribution in [2.24, 2.45) is 21.6 Å². The van der Waals surface area contributed by atoms with E-state index in [4.69, 9.17) is 11.6 Å². The number of nitrogens with zero attached hydrogens (tertiary/aromatic N) is 3. The normalized spacial score (nSPS) is 12.2. The Labute approximate surface area is 152 Å². The van der Waals surface area contributed by atoms with Gasteiger partial charge in [0.15, 0.2) is 5.69 Å². The molecule has 1 aromatic heterocycles. The lowest BCUT2D eigenvalue weighted by molar-refractivity contribution is 0.0690. The number of nitrogens with one attached hydrogen (secondary N) is 2. The largest absolute Gasteiger partial charge is 0.477 e. The Hall–Kier alpha value is -2.59. The van der Waals surface area contributed by atoms with Crippen LogP contribution in [0.4, 0.5) is 5.82 Å². The number of rotatable bonds is 6. The highest BCUT2D eigenvalue weighted by Crippen LogP contribution is 2.16. The van der Waals surface area contributed by atoms with Gasteiger partial charge in [-0.3, -0.25) is 9.98 Å². The summed E-state index contributed by atoms with van der Waals surface area (Å²) >= 11 is 3.53. The van der Waals surface area contributed by atoms with Crippen molar-refractivity contribution >= 4 is 36.0 Å². The van der Waals surface area contributed by atoms with E-state index in [1.807, 2.05) is 6.92 Å². The maximum atomic E-state index is 11.3. The standard InChI is InChI=1S/C14H21N7O2.CH4S/c1-4-19-11-6-8(5-10(20-11)14(22)23)12(17-2)9(7-15)13(18-3)21-16;1-2/h5-7H,4,15-16H2,1-3H3,(H,18,21)(H,19,20)(H,22,23);2H,1H3/b9-7+,17-12?;. The molecule has 1 heterocycles. The molecule has 0 spiro atoms. The number of aromatic nitrogens is 1. The van der Waals surface area contributed by atoms with Crippen molar-refractivity contribution < 1.29 is 9.90 Å². The minimum absolute atomic E-state index is 0.105. The van der Waals surface area contributed by atoms with Crippen LogP contribution >= 0.6 is 12.6 Å². The molecule has 9 nitrogen and oxygen atoms in total. The van der Waals surface area contributed by atoms with Crippen molar-refractivity contribution in [2.75, 3.05) is 32.2 Å². The highest BCUT2D eigenvalue weighted by molar-refractivity contribution is 7.79. The molecule has 0 unspecified atom stereocenters. The number of carboxylic acids is 1. The molecule has 0 aliphatic rings. The quantitative estimate of drug-likeness (QED) is 0.141. The molecule has 0 atom stereocenters. The predicted octanol–water partition coefficient (Wildman–Crippen LogP) is 0.511. The lowest BCUT2D eigenvalue weighted by atomic mass is 10.0. The molecule has 0 aliphatic heterocycles. The van der Waals surface area contributed by atoms with E-state index in [0.717, 1.165) is 0 Å². The van der Waals surface area contributed by atoms with Gasteiger partial charge in [0, 0.05) is 32.4 Å². The second kappa shape index (κ2) is 11.9. The topological polar surface area (TPSA) is 151 Å². The molecule has 0 aromatic carbocycles. The second-order valence-electron chi connectivity index (χ2n) is 4.33. The summed E-state index contributed by atoms with van der Waals surface area (Å²) < 4.78 is 0. The van der Waals surface area contributed by atoms with Crippen LogP contribution in [0, 0.1) is 0 Å². The minimum Gasteiger partial charge on any atom is -0.477 e. The maximum absolute atomic E-state index is 11.3. The number of aromatic carboxylic acids is 1.